The summed E-state index contributed by atoms with van der Waals surface area (Å²) in [4.78, 5) is 14.3. The quantitative estimate of drug-likeness (QED) is 0.586. The van der Waals surface area contributed by atoms with E-state index in [-0.39, 0.29) is 17.1 Å². The third kappa shape index (κ3) is 1.78. The largest absolute Gasteiger partial charge is 0.480 e. The van der Waals surface area contributed by atoms with Crippen LogP contribution < -0.4 is 11.5 Å². The van der Waals surface area contributed by atoms with E-state index in [2.05, 4.69) is 4.98 Å². The predicted molar refractivity (Wildman–Crippen MR) is 47.9 cm³/mol. The normalized spacial score (nSPS) is 11.7. The van der Waals surface area contributed by atoms with Crippen molar-refractivity contribution in [2.75, 3.05) is 5.73 Å². The van der Waals surface area contributed by atoms with Gasteiger partial charge in [0.2, 0.25) is 0 Å². The van der Waals surface area contributed by atoms with Gasteiger partial charge >= 0.3 is 5.97 Å². The third-order valence-corrected chi connectivity index (χ3v) is 1.63. The summed E-state index contributed by atoms with van der Waals surface area (Å²) in [6, 6.07) is 3.27. The first-order chi connectivity index (χ1) is 6.56. The van der Waals surface area contributed by atoms with Gasteiger partial charge in [-0.3, -0.25) is 4.79 Å². The molecule has 72 valence electrons. The van der Waals surface area contributed by atoms with E-state index in [0.717, 1.165) is 0 Å². The Bertz CT molecular complexity index is 410. The number of pyridine rings is 1. The number of hydrogen-bond acceptors (Lipinski definition) is 5. The molecule has 0 saturated carbocycles. The Labute approximate surface area is 79.8 Å². The van der Waals surface area contributed by atoms with Crippen LogP contribution in [0.15, 0.2) is 12.1 Å². The molecule has 6 heteroatoms. The van der Waals surface area contributed by atoms with E-state index in [9.17, 15) is 4.79 Å². The van der Waals surface area contributed by atoms with Gasteiger partial charge in [-0.25, -0.2) is 4.98 Å². The van der Waals surface area contributed by atoms with Crippen molar-refractivity contribution in [2.24, 2.45) is 5.73 Å². The Morgan fingerprint density at radius 3 is 2.79 bits per heavy atom. The highest BCUT2D eigenvalue weighted by molar-refractivity contribution is 5.76. The SMILES string of the molecule is N#Cc1ccc(N)c([C@@H](N)C(=O)O)n1. The number of aromatic nitrogens is 1. The molecule has 1 heterocycles. The number of carboxylic acid groups (broad SMARTS) is 1. The van der Waals surface area contributed by atoms with Gasteiger partial charge in [-0.2, -0.15) is 5.26 Å². The summed E-state index contributed by atoms with van der Waals surface area (Å²) >= 11 is 0. The lowest BCUT2D eigenvalue weighted by Crippen LogP contribution is -2.23. The van der Waals surface area contributed by atoms with Crippen LogP contribution in [0.5, 0.6) is 0 Å². The van der Waals surface area contributed by atoms with Gasteiger partial charge in [-0.1, -0.05) is 0 Å². The van der Waals surface area contributed by atoms with E-state index in [1.54, 1.807) is 6.07 Å². The maximum Gasteiger partial charge on any atom is 0.326 e. The van der Waals surface area contributed by atoms with E-state index in [0.29, 0.717) is 0 Å². The molecule has 0 saturated heterocycles. The van der Waals surface area contributed by atoms with Gasteiger partial charge in [0.1, 0.15) is 17.8 Å². The topological polar surface area (TPSA) is 126 Å². The minimum atomic E-state index is -1.30. The Morgan fingerprint density at radius 1 is 1.64 bits per heavy atom. The standard InChI is InChI=1S/C8H8N4O2/c9-3-4-1-2-5(10)7(12-4)6(11)8(13)14/h1-2,6H,10-11H2,(H,13,14)/t6-/m1/s1. The number of hydrogen-bond donors (Lipinski definition) is 3. The van der Waals surface area contributed by atoms with E-state index in [1.807, 2.05) is 0 Å². The Balaban J connectivity index is 3.20. The molecule has 0 amide bonds. The molecule has 0 radical (unpaired) electrons. The molecule has 1 aromatic rings. The zero-order valence-corrected chi connectivity index (χ0v) is 7.14. The van der Waals surface area contributed by atoms with Crippen molar-refractivity contribution in [2.45, 2.75) is 6.04 Å². The molecule has 0 unspecified atom stereocenters. The number of rotatable bonds is 2. The van der Waals surface area contributed by atoms with Crippen molar-refractivity contribution in [1.82, 2.24) is 4.98 Å². The van der Waals surface area contributed by atoms with E-state index >= 15 is 0 Å². The zero-order chi connectivity index (χ0) is 10.7. The van der Waals surface area contributed by atoms with Crippen LogP contribution >= 0.6 is 0 Å². The van der Waals surface area contributed by atoms with E-state index < -0.39 is 12.0 Å². The maximum atomic E-state index is 10.5. The number of carboxylic acids is 1. The smallest absolute Gasteiger partial charge is 0.326 e. The molecule has 14 heavy (non-hydrogen) atoms. The minimum absolute atomic E-state index is 0.0107. The van der Waals surface area contributed by atoms with Gasteiger partial charge in [0, 0.05) is 0 Å². The predicted octanol–water partition coefficient (Wildman–Crippen LogP) is -0.380. The van der Waals surface area contributed by atoms with Crippen molar-refractivity contribution < 1.29 is 9.90 Å². The first-order valence-corrected chi connectivity index (χ1v) is 3.71. The summed E-state index contributed by atoms with van der Waals surface area (Å²) in [5.41, 5.74) is 11.0. The van der Waals surface area contributed by atoms with Crippen molar-refractivity contribution in [3.05, 3.63) is 23.5 Å². The van der Waals surface area contributed by atoms with Crippen LogP contribution in [0.3, 0.4) is 0 Å². The van der Waals surface area contributed by atoms with Crippen molar-refractivity contribution in [3.63, 3.8) is 0 Å². The molecule has 5 N–H and O–H groups in total. The fraction of sp³-hybridized carbons (Fsp3) is 0.125. The highest BCUT2D eigenvalue weighted by atomic mass is 16.4. The van der Waals surface area contributed by atoms with Crippen molar-refractivity contribution in [1.29, 1.82) is 5.26 Å². The molecule has 0 aromatic carbocycles. The van der Waals surface area contributed by atoms with Gasteiger partial charge in [-0.05, 0) is 12.1 Å². The molecule has 0 aliphatic rings. The maximum absolute atomic E-state index is 10.5. The molecular formula is C8H8N4O2. The van der Waals surface area contributed by atoms with Crippen LogP contribution in [-0.4, -0.2) is 16.1 Å². The van der Waals surface area contributed by atoms with E-state index in [1.165, 1.54) is 12.1 Å². The van der Waals surface area contributed by atoms with E-state index in [4.69, 9.17) is 21.8 Å². The van der Waals surface area contributed by atoms with Gasteiger partial charge in [0.25, 0.3) is 0 Å². The molecule has 0 aliphatic heterocycles. The van der Waals surface area contributed by atoms with Gasteiger partial charge < -0.3 is 16.6 Å². The number of nitrogens with zero attached hydrogens (tertiary/aromatic N) is 2. The fourth-order valence-electron chi connectivity index (χ4n) is 0.914. The number of nitrogens with two attached hydrogens (primary N) is 2. The summed E-state index contributed by atoms with van der Waals surface area (Å²) in [6.45, 7) is 0. The van der Waals surface area contributed by atoms with Crippen LogP contribution in [0, 0.1) is 11.3 Å². The molecule has 0 bridgehead atoms. The molecule has 1 aromatic heterocycles. The Morgan fingerprint density at radius 2 is 2.29 bits per heavy atom. The second kappa shape index (κ2) is 3.72. The summed E-state index contributed by atoms with van der Waals surface area (Å²) in [6.07, 6.45) is 0. The molecule has 1 atom stereocenters. The number of carbonyl (C=O) groups is 1. The van der Waals surface area contributed by atoms with Crippen LogP contribution in [-0.2, 0) is 4.79 Å². The third-order valence-electron chi connectivity index (χ3n) is 1.63. The Kier molecular flexibility index (Phi) is 2.65. The van der Waals surface area contributed by atoms with Crippen LogP contribution in [0.25, 0.3) is 0 Å². The summed E-state index contributed by atoms with van der Waals surface area (Å²) in [5.74, 6) is -1.24. The second-order valence-corrected chi connectivity index (χ2v) is 2.60. The first kappa shape index (κ1) is 9.95. The lowest BCUT2D eigenvalue weighted by Gasteiger charge is -2.08. The monoisotopic (exact) mass is 192 g/mol. The van der Waals surface area contributed by atoms with Gasteiger partial charge in [0.05, 0.1) is 11.4 Å². The average Bonchev–Trinajstić information content (AvgIpc) is 2.17. The number of aliphatic carboxylic acids is 1. The highest BCUT2D eigenvalue weighted by Gasteiger charge is 2.19. The highest BCUT2D eigenvalue weighted by Crippen LogP contribution is 2.16. The van der Waals surface area contributed by atoms with Gasteiger partial charge in [0.15, 0.2) is 0 Å². The summed E-state index contributed by atoms with van der Waals surface area (Å²) < 4.78 is 0. The van der Waals surface area contributed by atoms with Crippen LogP contribution in [0.4, 0.5) is 5.69 Å². The first-order valence-electron chi connectivity index (χ1n) is 3.71. The number of nitrogen functional groups attached to an aromatic ring is 1. The molecule has 6 nitrogen and oxygen atoms in total. The minimum Gasteiger partial charge on any atom is -0.480 e. The molecule has 0 spiro atoms. The van der Waals surface area contributed by atoms with Gasteiger partial charge in [-0.15, -0.1) is 0 Å². The molecule has 1 rings (SSSR count). The molecule has 0 aliphatic carbocycles. The molecule has 0 fully saturated rings. The van der Waals surface area contributed by atoms with Crippen LogP contribution in [0.2, 0.25) is 0 Å². The number of anilines is 1. The van der Waals surface area contributed by atoms with Crippen molar-refractivity contribution in [3.8, 4) is 6.07 Å². The second-order valence-electron chi connectivity index (χ2n) is 2.60. The number of nitriles is 1. The Hall–Kier alpha value is -2.13. The fourth-order valence-corrected chi connectivity index (χ4v) is 0.914. The lowest BCUT2D eigenvalue weighted by atomic mass is 10.1. The average molecular weight is 192 g/mol. The summed E-state index contributed by atoms with van der Waals surface area (Å²) in [7, 11) is 0. The van der Waals surface area contributed by atoms with Crippen LogP contribution in [0.1, 0.15) is 17.4 Å². The lowest BCUT2D eigenvalue weighted by molar-refractivity contribution is -0.138. The molecular weight excluding hydrogens is 184 g/mol. The van der Waals surface area contributed by atoms with Crippen molar-refractivity contribution >= 4 is 11.7 Å². The zero-order valence-electron chi connectivity index (χ0n) is 7.14. The summed E-state index contributed by atoms with van der Waals surface area (Å²) in [5, 5.41) is 17.2.